The molecule has 0 spiro atoms. The van der Waals surface area contributed by atoms with Crippen LogP contribution in [-0.2, 0) is 14.4 Å². The van der Waals surface area contributed by atoms with Crippen molar-refractivity contribution in [3.05, 3.63) is 78.4 Å². The summed E-state index contributed by atoms with van der Waals surface area (Å²) < 4.78 is 37.2. The van der Waals surface area contributed by atoms with E-state index in [4.69, 9.17) is 0 Å². The van der Waals surface area contributed by atoms with Crippen molar-refractivity contribution in [1.82, 2.24) is 5.32 Å². The zero-order valence-corrected chi connectivity index (χ0v) is 21.9. The molecule has 0 radical (unpaired) electrons. The van der Waals surface area contributed by atoms with Gasteiger partial charge in [-0.1, -0.05) is 60.7 Å². The van der Waals surface area contributed by atoms with Crippen LogP contribution in [0.2, 0.25) is 0 Å². The Kier molecular flexibility index (Phi) is 11.1. The van der Waals surface area contributed by atoms with Gasteiger partial charge in [-0.3, -0.25) is 19.2 Å². The molecule has 3 rings (SSSR count). The summed E-state index contributed by atoms with van der Waals surface area (Å²) in [6.07, 6.45) is -3.89. The molecule has 0 unspecified atom stereocenters. The number of halogens is 3. The summed E-state index contributed by atoms with van der Waals surface area (Å²) in [7, 11) is 0. The second-order valence-electron chi connectivity index (χ2n) is 8.93. The van der Waals surface area contributed by atoms with E-state index in [1.165, 1.54) is 0 Å². The van der Waals surface area contributed by atoms with Crippen molar-refractivity contribution in [3.8, 4) is 0 Å². The van der Waals surface area contributed by atoms with Gasteiger partial charge in [0.2, 0.25) is 17.6 Å². The lowest BCUT2D eigenvalue weighted by Gasteiger charge is -2.19. The molecule has 0 bridgehead atoms. The van der Waals surface area contributed by atoms with Crippen LogP contribution in [0.4, 0.5) is 18.9 Å². The molecule has 0 aliphatic carbocycles. The number of carbonyl (C=O) groups excluding carboxylic acids is 4. The number of ketones is 2. The molecule has 39 heavy (non-hydrogen) atoms. The second kappa shape index (κ2) is 14.5. The van der Waals surface area contributed by atoms with Gasteiger partial charge in [-0.25, -0.2) is 0 Å². The Hall–Kier alpha value is -3.66. The Bertz CT molecular complexity index is 1300. The Morgan fingerprint density at radius 2 is 1.51 bits per heavy atom. The number of carbonyl (C=O) groups is 4. The van der Waals surface area contributed by atoms with Crippen LogP contribution in [0.1, 0.15) is 42.5 Å². The summed E-state index contributed by atoms with van der Waals surface area (Å²) in [5.74, 6) is -3.25. The lowest BCUT2D eigenvalue weighted by Crippen LogP contribution is -2.43. The Morgan fingerprint density at radius 1 is 0.821 bits per heavy atom. The molecule has 206 valence electrons. The van der Waals surface area contributed by atoms with Crippen LogP contribution in [0, 0.1) is 0 Å². The number of alkyl halides is 3. The Morgan fingerprint density at radius 3 is 2.23 bits per heavy atom. The molecule has 0 aliphatic rings. The zero-order chi connectivity index (χ0) is 28.3. The average molecular weight is 559 g/mol. The van der Waals surface area contributed by atoms with Crippen LogP contribution in [0.5, 0.6) is 0 Å². The smallest absolute Gasteiger partial charge is 0.344 e. The molecular formula is C29H29F3N2O4S. The topological polar surface area (TPSA) is 92.3 Å². The molecule has 0 aromatic heterocycles. The number of amides is 2. The highest BCUT2D eigenvalue weighted by molar-refractivity contribution is 7.99. The highest BCUT2D eigenvalue weighted by atomic mass is 32.2. The molecule has 2 amide bonds. The zero-order valence-electron chi connectivity index (χ0n) is 21.1. The first-order valence-corrected chi connectivity index (χ1v) is 13.6. The number of rotatable bonds is 14. The molecule has 2 N–H and O–H groups in total. The lowest BCUT2D eigenvalue weighted by atomic mass is 10.1. The highest BCUT2D eigenvalue weighted by Crippen LogP contribution is 2.21. The van der Waals surface area contributed by atoms with E-state index >= 15 is 0 Å². The van der Waals surface area contributed by atoms with E-state index in [-0.39, 0.29) is 30.8 Å². The van der Waals surface area contributed by atoms with Gasteiger partial charge in [0.15, 0.2) is 5.78 Å². The van der Waals surface area contributed by atoms with E-state index in [1.807, 2.05) is 30.3 Å². The summed E-state index contributed by atoms with van der Waals surface area (Å²) in [6, 6.07) is 20.8. The maximum Gasteiger partial charge on any atom is 0.450 e. The van der Waals surface area contributed by atoms with Gasteiger partial charge in [0.25, 0.3) is 0 Å². The predicted octanol–water partition coefficient (Wildman–Crippen LogP) is 5.96. The van der Waals surface area contributed by atoms with Gasteiger partial charge < -0.3 is 10.6 Å². The quantitative estimate of drug-likeness (QED) is 0.188. The normalized spacial score (nSPS) is 12.1. The van der Waals surface area contributed by atoms with Crippen molar-refractivity contribution in [2.75, 3.05) is 16.8 Å². The minimum atomic E-state index is -4.87. The molecule has 0 heterocycles. The van der Waals surface area contributed by atoms with Gasteiger partial charge in [-0.2, -0.15) is 24.9 Å². The highest BCUT2D eigenvalue weighted by Gasteiger charge is 2.37. The van der Waals surface area contributed by atoms with Crippen LogP contribution in [-0.4, -0.2) is 47.1 Å². The van der Waals surface area contributed by atoms with Crippen molar-refractivity contribution in [2.24, 2.45) is 0 Å². The number of anilines is 1. The average Bonchev–Trinajstić information content (AvgIpc) is 2.91. The molecule has 10 heteroatoms. The van der Waals surface area contributed by atoms with Gasteiger partial charge in [0.1, 0.15) is 6.04 Å². The fourth-order valence-corrected chi connectivity index (χ4v) is 4.71. The molecular weight excluding hydrogens is 529 g/mol. The Labute approximate surface area is 228 Å². The van der Waals surface area contributed by atoms with E-state index in [2.05, 4.69) is 10.6 Å². The van der Waals surface area contributed by atoms with Gasteiger partial charge >= 0.3 is 6.18 Å². The maximum atomic E-state index is 13.1. The second-order valence-corrected chi connectivity index (χ2v) is 10.0. The van der Waals surface area contributed by atoms with Crippen molar-refractivity contribution in [2.45, 2.75) is 44.3 Å². The first-order valence-electron chi connectivity index (χ1n) is 12.5. The van der Waals surface area contributed by atoms with Gasteiger partial charge in [-0.05, 0) is 47.9 Å². The number of Topliss-reactive ketones (excluding diaryl/α,β-unsaturated/α-hetero) is 2. The monoisotopic (exact) mass is 558 g/mol. The molecule has 6 nitrogen and oxygen atoms in total. The molecule has 0 saturated heterocycles. The van der Waals surface area contributed by atoms with E-state index in [9.17, 15) is 32.3 Å². The number of nitrogens with one attached hydrogen (secondary N) is 2. The van der Waals surface area contributed by atoms with Gasteiger partial charge in [0.05, 0.1) is 5.75 Å². The lowest BCUT2D eigenvalue weighted by molar-refractivity contribution is -0.167. The summed E-state index contributed by atoms with van der Waals surface area (Å²) in [5, 5.41) is 7.41. The third-order valence-corrected chi connectivity index (χ3v) is 6.95. The van der Waals surface area contributed by atoms with Crippen molar-refractivity contribution in [1.29, 1.82) is 0 Å². The standard InChI is InChI=1S/C29H29F3N2O4S/c30-29(31,32)26(36)19-39-17-7-12-24(28(38)33-23-16-15-20-8-4-5-11-22(20)18-23)34-27(37)14-6-13-25(35)21-9-2-1-3-10-21/h1-5,8-11,15-16,18,24H,6-7,12-14,17,19H2,(H,33,38)(H,34,37)/t24-/m0/s1. The number of hydrogen-bond donors (Lipinski definition) is 2. The SMILES string of the molecule is O=C(CCCC(=O)c1ccccc1)N[C@@H](CCCSCC(=O)C(F)(F)F)C(=O)Nc1ccc2ccccc2c1. The van der Waals surface area contributed by atoms with E-state index in [0.717, 1.165) is 22.5 Å². The number of thioether (sulfide) groups is 1. The summed E-state index contributed by atoms with van der Waals surface area (Å²) in [4.78, 5) is 49.0. The molecule has 3 aromatic carbocycles. The van der Waals surface area contributed by atoms with Crippen LogP contribution in [0.3, 0.4) is 0 Å². The summed E-state index contributed by atoms with van der Waals surface area (Å²) in [6.45, 7) is 0. The van der Waals surface area contributed by atoms with Crippen molar-refractivity contribution < 1.29 is 32.3 Å². The van der Waals surface area contributed by atoms with Crippen LogP contribution >= 0.6 is 11.8 Å². The minimum Gasteiger partial charge on any atom is -0.344 e. The first kappa shape index (κ1) is 29.9. The van der Waals surface area contributed by atoms with E-state index in [1.54, 1.807) is 42.5 Å². The molecule has 1 atom stereocenters. The predicted molar refractivity (Wildman–Crippen MR) is 147 cm³/mol. The number of hydrogen-bond acceptors (Lipinski definition) is 5. The van der Waals surface area contributed by atoms with Gasteiger partial charge in [0, 0.05) is 24.1 Å². The van der Waals surface area contributed by atoms with E-state index in [0.29, 0.717) is 24.1 Å². The molecule has 0 aliphatic heterocycles. The van der Waals surface area contributed by atoms with E-state index < -0.39 is 35.6 Å². The maximum absolute atomic E-state index is 13.1. The minimum absolute atomic E-state index is 0.0349. The summed E-state index contributed by atoms with van der Waals surface area (Å²) >= 11 is 0.830. The fourth-order valence-electron chi connectivity index (χ4n) is 3.85. The largest absolute Gasteiger partial charge is 0.450 e. The molecule has 0 saturated carbocycles. The first-order chi connectivity index (χ1) is 18.6. The fraction of sp³-hybridized carbons (Fsp3) is 0.310. The molecule has 3 aromatic rings. The third kappa shape index (κ3) is 9.86. The van der Waals surface area contributed by atoms with Crippen LogP contribution in [0.15, 0.2) is 72.8 Å². The molecule has 0 fully saturated rings. The van der Waals surface area contributed by atoms with Crippen molar-refractivity contribution >= 4 is 51.6 Å². The van der Waals surface area contributed by atoms with Gasteiger partial charge in [-0.15, -0.1) is 0 Å². The Balaban J connectivity index is 1.56. The van der Waals surface area contributed by atoms with Crippen LogP contribution < -0.4 is 10.6 Å². The number of benzene rings is 3. The number of fused-ring (bicyclic) bond motifs is 1. The summed E-state index contributed by atoms with van der Waals surface area (Å²) in [5.41, 5.74) is 1.10. The van der Waals surface area contributed by atoms with Crippen molar-refractivity contribution in [3.63, 3.8) is 0 Å². The van der Waals surface area contributed by atoms with Crippen LogP contribution in [0.25, 0.3) is 10.8 Å². The third-order valence-electron chi connectivity index (χ3n) is 5.90.